The van der Waals surface area contributed by atoms with Crippen LogP contribution in [-0.2, 0) is 6.54 Å². The topological polar surface area (TPSA) is 30.5 Å². The van der Waals surface area contributed by atoms with Gasteiger partial charge in [0.1, 0.15) is 11.5 Å². The standard InChI is InChI=1S/C19H24ClNO2/c1-3-4-5-12-23-17-9-6-15(7-10-17)14-21-16-8-11-19(22-2)18(20)13-16/h6-11,13,21H,3-5,12,14H2,1-2H3. The van der Waals surface area contributed by atoms with Crippen LogP contribution < -0.4 is 14.8 Å². The van der Waals surface area contributed by atoms with Crippen molar-refractivity contribution in [3.05, 3.63) is 53.1 Å². The average Bonchev–Trinajstić information content (AvgIpc) is 2.58. The Labute approximate surface area is 143 Å². The van der Waals surface area contributed by atoms with E-state index in [9.17, 15) is 0 Å². The maximum atomic E-state index is 6.12. The van der Waals surface area contributed by atoms with Crippen LogP contribution in [0.15, 0.2) is 42.5 Å². The van der Waals surface area contributed by atoms with E-state index in [0.29, 0.717) is 10.8 Å². The van der Waals surface area contributed by atoms with Crippen LogP contribution in [0.2, 0.25) is 5.02 Å². The molecule has 0 aromatic heterocycles. The fourth-order valence-electron chi connectivity index (χ4n) is 2.23. The van der Waals surface area contributed by atoms with Gasteiger partial charge in [-0.15, -0.1) is 0 Å². The Hall–Kier alpha value is -1.87. The number of rotatable bonds is 9. The van der Waals surface area contributed by atoms with E-state index in [4.69, 9.17) is 21.1 Å². The second-order valence-corrected chi connectivity index (χ2v) is 5.81. The third-order valence-corrected chi connectivity index (χ3v) is 3.88. The first-order valence-corrected chi connectivity index (χ1v) is 8.40. The van der Waals surface area contributed by atoms with Crippen molar-refractivity contribution in [1.29, 1.82) is 0 Å². The smallest absolute Gasteiger partial charge is 0.137 e. The third kappa shape index (κ3) is 5.68. The number of ether oxygens (including phenoxy) is 2. The molecule has 0 aliphatic heterocycles. The molecule has 124 valence electrons. The van der Waals surface area contributed by atoms with Gasteiger partial charge >= 0.3 is 0 Å². The summed E-state index contributed by atoms with van der Waals surface area (Å²) in [7, 11) is 1.61. The number of unbranched alkanes of at least 4 members (excludes halogenated alkanes) is 2. The van der Waals surface area contributed by atoms with Crippen molar-refractivity contribution in [3.63, 3.8) is 0 Å². The van der Waals surface area contributed by atoms with Crippen LogP contribution in [0.4, 0.5) is 5.69 Å². The Morgan fingerprint density at radius 3 is 2.48 bits per heavy atom. The summed E-state index contributed by atoms with van der Waals surface area (Å²) in [5, 5.41) is 3.96. The zero-order valence-electron chi connectivity index (χ0n) is 13.8. The lowest BCUT2D eigenvalue weighted by atomic mass is 10.2. The van der Waals surface area contributed by atoms with E-state index in [0.717, 1.165) is 31.0 Å². The Morgan fingerprint density at radius 2 is 1.83 bits per heavy atom. The number of nitrogens with one attached hydrogen (secondary N) is 1. The number of benzene rings is 2. The number of anilines is 1. The molecule has 0 amide bonds. The molecular weight excluding hydrogens is 310 g/mol. The van der Waals surface area contributed by atoms with Gasteiger partial charge in [0.2, 0.25) is 0 Å². The largest absolute Gasteiger partial charge is 0.495 e. The molecule has 3 nitrogen and oxygen atoms in total. The lowest BCUT2D eigenvalue weighted by Crippen LogP contribution is -2.00. The lowest BCUT2D eigenvalue weighted by Gasteiger charge is -2.10. The molecule has 0 heterocycles. The van der Waals surface area contributed by atoms with Crippen LogP contribution in [0.5, 0.6) is 11.5 Å². The second-order valence-electron chi connectivity index (χ2n) is 5.40. The summed E-state index contributed by atoms with van der Waals surface area (Å²) in [5.74, 6) is 1.61. The molecule has 1 N–H and O–H groups in total. The molecule has 0 bridgehead atoms. The highest BCUT2D eigenvalue weighted by Crippen LogP contribution is 2.27. The summed E-state index contributed by atoms with van der Waals surface area (Å²) in [6, 6.07) is 13.9. The van der Waals surface area contributed by atoms with Crippen LogP contribution >= 0.6 is 11.6 Å². The van der Waals surface area contributed by atoms with Gasteiger partial charge in [0.05, 0.1) is 18.7 Å². The maximum Gasteiger partial charge on any atom is 0.137 e. The van der Waals surface area contributed by atoms with Crippen LogP contribution in [0.25, 0.3) is 0 Å². The zero-order valence-corrected chi connectivity index (χ0v) is 14.5. The Morgan fingerprint density at radius 1 is 1.04 bits per heavy atom. The minimum atomic E-state index is 0.605. The van der Waals surface area contributed by atoms with Crippen LogP contribution in [0, 0.1) is 0 Å². The van der Waals surface area contributed by atoms with Crippen molar-refractivity contribution < 1.29 is 9.47 Å². The number of hydrogen-bond donors (Lipinski definition) is 1. The summed E-state index contributed by atoms with van der Waals surface area (Å²) < 4.78 is 10.9. The Balaban J connectivity index is 1.82. The van der Waals surface area contributed by atoms with Gasteiger partial charge in [0, 0.05) is 12.2 Å². The molecule has 0 fully saturated rings. The monoisotopic (exact) mass is 333 g/mol. The van der Waals surface area contributed by atoms with Gasteiger partial charge in [-0.05, 0) is 42.3 Å². The molecule has 0 atom stereocenters. The van der Waals surface area contributed by atoms with Crippen molar-refractivity contribution in [2.24, 2.45) is 0 Å². The molecule has 0 saturated heterocycles. The van der Waals surface area contributed by atoms with E-state index in [1.54, 1.807) is 7.11 Å². The summed E-state index contributed by atoms with van der Waals surface area (Å²) in [5.41, 5.74) is 2.16. The quantitative estimate of drug-likeness (QED) is 0.612. The summed E-state index contributed by atoms with van der Waals surface area (Å²) in [4.78, 5) is 0. The maximum absolute atomic E-state index is 6.12. The highest BCUT2D eigenvalue weighted by atomic mass is 35.5. The fourth-order valence-corrected chi connectivity index (χ4v) is 2.48. The summed E-state index contributed by atoms with van der Waals surface area (Å²) in [6.07, 6.45) is 3.54. The van der Waals surface area contributed by atoms with Crippen LogP contribution in [-0.4, -0.2) is 13.7 Å². The van der Waals surface area contributed by atoms with Crippen LogP contribution in [0.1, 0.15) is 31.7 Å². The van der Waals surface area contributed by atoms with Crippen molar-refractivity contribution >= 4 is 17.3 Å². The fraction of sp³-hybridized carbons (Fsp3) is 0.368. The molecule has 0 unspecified atom stereocenters. The molecular formula is C19H24ClNO2. The van der Waals surface area contributed by atoms with Gasteiger partial charge in [0.15, 0.2) is 0 Å². The normalized spacial score (nSPS) is 10.4. The molecule has 0 aliphatic carbocycles. The molecule has 0 spiro atoms. The van der Waals surface area contributed by atoms with Gasteiger partial charge in [-0.3, -0.25) is 0 Å². The molecule has 23 heavy (non-hydrogen) atoms. The van der Waals surface area contributed by atoms with E-state index in [2.05, 4.69) is 24.4 Å². The molecule has 4 heteroatoms. The van der Waals surface area contributed by atoms with Crippen molar-refractivity contribution in [1.82, 2.24) is 0 Å². The summed E-state index contributed by atoms with van der Waals surface area (Å²) >= 11 is 6.12. The molecule has 0 saturated carbocycles. The highest BCUT2D eigenvalue weighted by Gasteiger charge is 2.02. The number of halogens is 1. The minimum absolute atomic E-state index is 0.605. The van der Waals surface area contributed by atoms with E-state index in [-0.39, 0.29) is 0 Å². The van der Waals surface area contributed by atoms with E-state index < -0.39 is 0 Å². The Kier molecular flexibility index (Phi) is 7.08. The molecule has 0 aliphatic rings. The molecule has 2 rings (SSSR count). The predicted molar refractivity (Wildman–Crippen MR) is 96.8 cm³/mol. The van der Waals surface area contributed by atoms with Crippen molar-refractivity contribution in [3.8, 4) is 11.5 Å². The summed E-state index contributed by atoms with van der Waals surface area (Å²) in [6.45, 7) is 3.71. The second kappa shape index (κ2) is 9.31. The average molecular weight is 334 g/mol. The van der Waals surface area contributed by atoms with Gasteiger partial charge in [0.25, 0.3) is 0 Å². The SMILES string of the molecule is CCCCCOc1ccc(CNc2ccc(OC)c(Cl)c2)cc1. The highest BCUT2D eigenvalue weighted by molar-refractivity contribution is 6.32. The van der Waals surface area contributed by atoms with E-state index in [1.807, 2.05) is 30.3 Å². The Bertz CT molecular complexity index is 599. The minimum Gasteiger partial charge on any atom is -0.495 e. The van der Waals surface area contributed by atoms with Gasteiger partial charge < -0.3 is 14.8 Å². The number of hydrogen-bond acceptors (Lipinski definition) is 3. The first-order valence-electron chi connectivity index (χ1n) is 8.02. The lowest BCUT2D eigenvalue weighted by molar-refractivity contribution is 0.306. The number of methoxy groups -OCH3 is 1. The van der Waals surface area contributed by atoms with E-state index >= 15 is 0 Å². The predicted octanol–water partition coefficient (Wildman–Crippen LogP) is 5.53. The first-order chi connectivity index (χ1) is 11.2. The molecule has 2 aromatic rings. The third-order valence-electron chi connectivity index (χ3n) is 3.59. The zero-order chi connectivity index (χ0) is 16.5. The van der Waals surface area contributed by atoms with E-state index in [1.165, 1.54) is 18.4 Å². The molecule has 2 aromatic carbocycles. The van der Waals surface area contributed by atoms with Gasteiger partial charge in [-0.25, -0.2) is 0 Å². The van der Waals surface area contributed by atoms with Gasteiger partial charge in [-0.1, -0.05) is 43.5 Å². The van der Waals surface area contributed by atoms with Crippen molar-refractivity contribution in [2.75, 3.05) is 19.0 Å². The molecule has 0 radical (unpaired) electrons. The van der Waals surface area contributed by atoms with Crippen LogP contribution in [0.3, 0.4) is 0 Å². The van der Waals surface area contributed by atoms with Crippen molar-refractivity contribution in [2.45, 2.75) is 32.7 Å². The first kappa shape index (κ1) is 17.5. The van der Waals surface area contributed by atoms with Gasteiger partial charge in [-0.2, -0.15) is 0 Å².